The number of hydrogen-bond donors (Lipinski definition) is 1. The van der Waals surface area contributed by atoms with Crippen molar-refractivity contribution in [3.8, 4) is 16.9 Å². The summed E-state index contributed by atoms with van der Waals surface area (Å²) in [4.78, 5) is 0. The fourth-order valence-electron chi connectivity index (χ4n) is 2.92. The summed E-state index contributed by atoms with van der Waals surface area (Å²) >= 11 is 0. The molecule has 0 heterocycles. The Hall–Kier alpha value is -1.80. The van der Waals surface area contributed by atoms with Crippen LogP contribution in [0.2, 0.25) is 0 Å². The number of hydrogen-bond acceptors (Lipinski definition) is 2. The average Bonchev–Trinajstić information content (AvgIpc) is 2.74. The van der Waals surface area contributed by atoms with Crippen molar-refractivity contribution in [3.63, 3.8) is 0 Å². The van der Waals surface area contributed by atoms with Gasteiger partial charge >= 0.3 is 0 Å². The van der Waals surface area contributed by atoms with E-state index in [2.05, 4.69) is 24.3 Å². The Morgan fingerprint density at radius 1 is 0.762 bits per heavy atom. The molecule has 21 heavy (non-hydrogen) atoms. The maximum atomic E-state index is 10.1. The zero-order chi connectivity index (χ0) is 14.5. The molecule has 1 aliphatic carbocycles. The number of benzene rings is 2. The zero-order valence-electron chi connectivity index (χ0n) is 12.2. The van der Waals surface area contributed by atoms with Gasteiger partial charge < -0.3 is 9.84 Å². The molecule has 2 nitrogen and oxygen atoms in total. The summed E-state index contributed by atoms with van der Waals surface area (Å²) in [5, 5.41) is 10.1. The van der Waals surface area contributed by atoms with E-state index in [4.69, 9.17) is 4.74 Å². The third kappa shape index (κ3) is 3.64. The highest BCUT2D eigenvalue weighted by Crippen LogP contribution is 2.26. The molecule has 1 aliphatic rings. The van der Waals surface area contributed by atoms with Crippen LogP contribution in [0.4, 0.5) is 0 Å². The standard InChI is InChI=1S/C19H22O2/c20-18-9-5-2-6-10-19(18)21-17-13-11-16(12-14-17)15-7-3-1-4-8-15/h1,3-4,7-8,11-14,18-20H,2,5-6,9-10H2. The zero-order valence-corrected chi connectivity index (χ0v) is 12.2. The van der Waals surface area contributed by atoms with Crippen LogP contribution in [0.5, 0.6) is 5.75 Å². The molecule has 3 rings (SSSR count). The summed E-state index contributed by atoms with van der Waals surface area (Å²) in [5.74, 6) is 0.848. The maximum absolute atomic E-state index is 10.1. The van der Waals surface area contributed by atoms with Crippen LogP contribution in [0.25, 0.3) is 11.1 Å². The van der Waals surface area contributed by atoms with Crippen molar-refractivity contribution in [2.75, 3.05) is 0 Å². The van der Waals surface area contributed by atoms with E-state index in [1.54, 1.807) is 0 Å². The maximum Gasteiger partial charge on any atom is 0.124 e. The Balaban J connectivity index is 1.69. The Morgan fingerprint density at radius 2 is 1.43 bits per heavy atom. The van der Waals surface area contributed by atoms with Gasteiger partial charge in [-0.2, -0.15) is 0 Å². The van der Waals surface area contributed by atoms with Gasteiger partial charge in [0.25, 0.3) is 0 Å². The SMILES string of the molecule is OC1CCCCCC1Oc1ccc(-c2ccccc2)cc1. The molecule has 1 N–H and O–H groups in total. The number of aliphatic hydroxyl groups is 1. The van der Waals surface area contributed by atoms with E-state index < -0.39 is 0 Å². The van der Waals surface area contributed by atoms with E-state index in [1.807, 2.05) is 30.3 Å². The highest BCUT2D eigenvalue weighted by molar-refractivity contribution is 5.63. The summed E-state index contributed by atoms with van der Waals surface area (Å²) in [7, 11) is 0. The van der Waals surface area contributed by atoms with Crippen molar-refractivity contribution in [2.45, 2.75) is 44.3 Å². The van der Waals surface area contributed by atoms with Gasteiger partial charge in [0.15, 0.2) is 0 Å². The van der Waals surface area contributed by atoms with Crippen molar-refractivity contribution in [1.82, 2.24) is 0 Å². The fourth-order valence-corrected chi connectivity index (χ4v) is 2.92. The van der Waals surface area contributed by atoms with E-state index in [-0.39, 0.29) is 12.2 Å². The van der Waals surface area contributed by atoms with Crippen molar-refractivity contribution in [2.24, 2.45) is 0 Å². The average molecular weight is 282 g/mol. The highest BCUT2D eigenvalue weighted by Gasteiger charge is 2.23. The Kier molecular flexibility index (Phi) is 4.56. The van der Waals surface area contributed by atoms with Crippen LogP contribution in [0.15, 0.2) is 54.6 Å². The smallest absolute Gasteiger partial charge is 0.124 e. The van der Waals surface area contributed by atoms with Gasteiger partial charge in [0.1, 0.15) is 11.9 Å². The molecule has 0 aromatic heterocycles. The van der Waals surface area contributed by atoms with Crippen molar-refractivity contribution >= 4 is 0 Å². The second kappa shape index (κ2) is 6.77. The molecule has 0 aliphatic heterocycles. The lowest BCUT2D eigenvalue weighted by Crippen LogP contribution is -2.30. The highest BCUT2D eigenvalue weighted by atomic mass is 16.5. The van der Waals surface area contributed by atoms with Gasteiger partial charge in [0, 0.05) is 0 Å². The summed E-state index contributed by atoms with van der Waals surface area (Å²) in [6.07, 6.45) is 4.85. The molecule has 1 saturated carbocycles. The molecule has 2 heteroatoms. The molecule has 2 aromatic carbocycles. The normalized spacial score (nSPS) is 22.5. The van der Waals surface area contributed by atoms with Gasteiger partial charge in [-0.05, 0) is 42.5 Å². The first-order chi connectivity index (χ1) is 10.3. The van der Waals surface area contributed by atoms with Gasteiger partial charge in [-0.15, -0.1) is 0 Å². The molecule has 0 radical (unpaired) electrons. The summed E-state index contributed by atoms with van der Waals surface area (Å²) in [5.41, 5.74) is 2.39. The van der Waals surface area contributed by atoms with Crippen LogP contribution in [0, 0.1) is 0 Å². The lowest BCUT2D eigenvalue weighted by Gasteiger charge is -2.22. The molecule has 0 amide bonds. The van der Waals surface area contributed by atoms with Crippen LogP contribution in [0.3, 0.4) is 0 Å². The molecule has 110 valence electrons. The third-order valence-electron chi connectivity index (χ3n) is 4.17. The summed E-state index contributed by atoms with van der Waals surface area (Å²) < 4.78 is 5.99. The number of aliphatic hydroxyl groups excluding tert-OH is 1. The first kappa shape index (κ1) is 14.2. The van der Waals surface area contributed by atoms with Crippen molar-refractivity contribution in [1.29, 1.82) is 0 Å². The van der Waals surface area contributed by atoms with Gasteiger partial charge in [0.05, 0.1) is 6.10 Å². The van der Waals surface area contributed by atoms with E-state index in [0.717, 1.165) is 31.4 Å². The molecule has 0 spiro atoms. The Morgan fingerprint density at radius 3 is 2.19 bits per heavy atom. The monoisotopic (exact) mass is 282 g/mol. The van der Waals surface area contributed by atoms with Gasteiger partial charge in [-0.1, -0.05) is 55.3 Å². The first-order valence-corrected chi connectivity index (χ1v) is 7.83. The topological polar surface area (TPSA) is 29.5 Å². The van der Waals surface area contributed by atoms with E-state index in [9.17, 15) is 5.11 Å². The second-order valence-corrected chi connectivity index (χ2v) is 5.75. The quantitative estimate of drug-likeness (QED) is 0.844. The van der Waals surface area contributed by atoms with Crippen LogP contribution in [0.1, 0.15) is 32.1 Å². The third-order valence-corrected chi connectivity index (χ3v) is 4.17. The van der Waals surface area contributed by atoms with Crippen LogP contribution in [-0.2, 0) is 0 Å². The molecule has 2 atom stereocenters. The molecular formula is C19H22O2. The van der Waals surface area contributed by atoms with Crippen LogP contribution in [-0.4, -0.2) is 17.3 Å². The second-order valence-electron chi connectivity index (χ2n) is 5.75. The van der Waals surface area contributed by atoms with E-state index in [0.29, 0.717) is 0 Å². The van der Waals surface area contributed by atoms with Gasteiger partial charge in [-0.3, -0.25) is 0 Å². The Labute approximate surface area is 126 Å². The molecule has 1 fully saturated rings. The number of rotatable bonds is 3. The molecular weight excluding hydrogens is 260 g/mol. The summed E-state index contributed by atoms with van der Waals surface area (Å²) in [6.45, 7) is 0. The minimum Gasteiger partial charge on any atom is -0.488 e. The van der Waals surface area contributed by atoms with Gasteiger partial charge in [0.2, 0.25) is 0 Å². The lowest BCUT2D eigenvalue weighted by atomic mass is 10.1. The predicted molar refractivity (Wildman–Crippen MR) is 85.4 cm³/mol. The molecule has 2 aromatic rings. The predicted octanol–water partition coefficient (Wildman–Crippen LogP) is 4.43. The first-order valence-electron chi connectivity index (χ1n) is 7.83. The minimum absolute atomic E-state index is 0.0601. The molecule has 2 unspecified atom stereocenters. The largest absolute Gasteiger partial charge is 0.488 e. The van der Waals surface area contributed by atoms with Crippen molar-refractivity contribution < 1.29 is 9.84 Å². The van der Waals surface area contributed by atoms with E-state index in [1.165, 1.54) is 17.5 Å². The molecule has 0 saturated heterocycles. The number of ether oxygens (including phenoxy) is 1. The minimum atomic E-state index is -0.332. The van der Waals surface area contributed by atoms with Gasteiger partial charge in [-0.25, -0.2) is 0 Å². The fraction of sp³-hybridized carbons (Fsp3) is 0.368. The summed E-state index contributed by atoms with van der Waals surface area (Å²) in [6, 6.07) is 18.5. The Bertz CT molecular complexity index is 548. The van der Waals surface area contributed by atoms with Crippen LogP contribution < -0.4 is 4.74 Å². The molecule has 0 bridgehead atoms. The lowest BCUT2D eigenvalue weighted by molar-refractivity contribution is 0.0320. The van der Waals surface area contributed by atoms with Crippen LogP contribution >= 0.6 is 0 Å². The van der Waals surface area contributed by atoms with E-state index >= 15 is 0 Å². The van der Waals surface area contributed by atoms with Crippen molar-refractivity contribution in [3.05, 3.63) is 54.6 Å².